The van der Waals surface area contributed by atoms with E-state index in [4.69, 9.17) is 14.3 Å². The highest BCUT2D eigenvalue weighted by Crippen LogP contribution is 2.39. The van der Waals surface area contributed by atoms with Crippen molar-refractivity contribution < 1.29 is 9.31 Å². The fourth-order valence-corrected chi connectivity index (χ4v) is 4.78. The zero-order valence-corrected chi connectivity index (χ0v) is 19.4. The van der Waals surface area contributed by atoms with Gasteiger partial charge in [-0.05, 0) is 78.3 Å². The third kappa shape index (κ3) is 3.17. The monoisotopic (exact) mass is 431 g/mol. The van der Waals surface area contributed by atoms with Crippen molar-refractivity contribution >= 4 is 44.9 Å². The lowest BCUT2D eigenvalue weighted by Crippen LogP contribution is -2.41. The maximum absolute atomic E-state index is 6.51. The molecule has 5 aromatic rings. The molecule has 0 unspecified atom stereocenters. The number of fused-ring (bicyclic) bond motifs is 3. The molecule has 0 atom stereocenters. The molecule has 6 rings (SSSR count). The van der Waals surface area contributed by atoms with Crippen molar-refractivity contribution in [3.05, 3.63) is 85.1 Å². The predicted octanol–water partition coefficient (Wildman–Crippen LogP) is 6.51. The number of rotatable bonds is 2. The van der Waals surface area contributed by atoms with Crippen molar-refractivity contribution in [1.29, 1.82) is 0 Å². The molecular formula is C29H26BNO2. The number of aromatic nitrogens is 1. The van der Waals surface area contributed by atoms with E-state index in [1.165, 1.54) is 21.5 Å². The van der Waals surface area contributed by atoms with Crippen LogP contribution in [0.25, 0.3) is 43.6 Å². The van der Waals surface area contributed by atoms with Crippen LogP contribution in [-0.2, 0) is 9.31 Å². The van der Waals surface area contributed by atoms with Gasteiger partial charge in [0.05, 0.1) is 16.9 Å². The molecule has 2 heterocycles. The summed E-state index contributed by atoms with van der Waals surface area (Å²) in [4.78, 5) is 4.90. The standard InChI is InChI=1S/C29H26BNO2/c1-28(2)29(3,4)33-30(32-28)25-14-13-22-17-20-10-5-6-11-21(20)18-24(22)26(25)27-23-12-8-7-9-19(23)15-16-31-27/h5-18H,1-4H3. The van der Waals surface area contributed by atoms with E-state index in [1.54, 1.807) is 0 Å². The first-order chi connectivity index (χ1) is 15.8. The fourth-order valence-electron chi connectivity index (χ4n) is 4.78. The molecule has 3 nitrogen and oxygen atoms in total. The van der Waals surface area contributed by atoms with Crippen molar-refractivity contribution in [3.63, 3.8) is 0 Å². The molecular weight excluding hydrogens is 405 g/mol. The normalized spacial score (nSPS) is 17.3. The molecule has 1 fully saturated rings. The Morgan fingerprint density at radius 2 is 1.27 bits per heavy atom. The second-order valence-corrected chi connectivity index (χ2v) is 9.92. The summed E-state index contributed by atoms with van der Waals surface area (Å²) in [6.07, 6.45) is 1.89. The molecule has 4 aromatic carbocycles. The Hall–Kier alpha value is -3.21. The molecule has 0 radical (unpaired) electrons. The average molecular weight is 431 g/mol. The highest BCUT2D eigenvalue weighted by molar-refractivity contribution is 6.64. The lowest BCUT2D eigenvalue weighted by molar-refractivity contribution is 0.00578. The summed E-state index contributed by atoms with van der Waals surface area (Å²) in [7, 11) is -0.471. The highest BCUT2D eigenvalue weighted by Gasteiger charge is 2.52. The molecule has 0 saturated carbocycles. The van der Waals surface area contributed by atoms with Crippen LogP contribution >= 0.6 is 0 Å². The molecule has 1 saturated heterocycles. The molecule has 0 bridgehead atoms. The van der Waals surface area contributed by atoms with E-state index in [2.05, 4.69) is 107 Å². The van der Waals surface area contributed by atoms with Crippen molar-refractivity contribution in [2.24, 2.45) is 0 Å². The Morgan fingerprint density at radius 1 is 0.636 bits per heavy atom. The zero-order valence-electron chi connectivity index (χ0n) is 19.4. The van der Waals surface area contributed by atoms with Crippen LogP contribution < -0.4 is 5.46 Å². The van der Waals surface area contributed by atoms with Gasteiger partial charge < -0.3 is 9.31 Å². The number of benzene rings is 4. The molecule has 0 spiro atoms. The van der Waals surface area contributed by atoms with Crippen molar-refractivity contribution in [1.82, 2.24) is 4.98 Å². The summed E-state index contributed by atoms with van der Waals surface area (Å²) in [6, 6.07) is 27.8. The Morgan fingerprint density at radius 3 is 2.00 bits per heavy atom. The second kappa shape index (κ2) is 7.15. The molecule has 0 N–H and O–H groups in total. The maximum Gasteiger partial charge on any atom is 0.495 e. The average Bonchev–Trinajstić information content (AvgIpc) is 3.03. The number of nitrogens with zero attached hydrogens (tertiary/aromatic N) is 1. The van der Waals surface area contributed by atoms with Gasteiger partial charge in [-0.3, -0.25) is 4.98 Å². The van der Waals surface area contributed by atoms with Crippen LogP contribution in [0.3, 0.4) is 0 Å². The van der Waals surface area contributed by atoms with Crippen LogP contribution in [0.1, 0.15) is 27.7 Å². The Labute approximate surface area is 194 Å². The van der Waals surface area contributed by atoms with E-state index < -0.39 is 18.3 Å². The van der Waals surface area contributed by atoms with E-state index in [1.807, 2.05) is 6.20 Å². The van der Waals surface area contributed by atoms with Crippen LogP contribution in [-0.4, -0.2) is 23.3 Å². The van der Waals surface area contributed by atoms with Crippen molar-refractivity contribution in [2.75, 3.05) is 0 Å². The topological polar surface area (TPSA) is 31.4 Å². The Balaban J connectivity index is 1.70. The van der Waals surface area contributed by atoms with E-state index in [-0.39, 0.29) is 0 Å². The van der Waals surface area contributed by atoms with Gasteiger partial charge in [0.25, 0.3) is 0 Å². The summed E-state index contributed by atoms with van der Waals surface area (Å²) in [5.74, 6) is 0. The van der Waals surface area contributed by atoms with Gasteiger partial charge in [-0.1, -0.05) is 60.7 Å². The van der Waals surface area contributed by atoms with Gasteiger partial charge in [-0.2, -0.15) is 0 Å². The predicted molar refractivity (Wildman–Crippen MR) is 138 cm³/mol. The minimum Gasteiger partial charge on any atom is -0.399 e. The summed E-state index contributed by atoms with van der Waals surface area (Å²) in [5.41, 5.74) is 2.21. The molecule has 0 aliphatic carbocycles. The zero-order chi connectivity index (χ0) is 22.8. The lowest BCUT2D eigenvalue weighted by atomic mass is 9.73. The van der Waals surface area contributed by atoms with Gasteiger partial charge in [0.1, 0.15) is 0 Å². The van der Waals surface area contributed by atoms with Gasteiger partial charge in [-0.15, -0.1) is 0 Å². The number of hydrogen-bond acceptors (Lipinski definition) is 3. The molecule has 1 aliphatic rings. The van der Waals surface area contributed by atoms with Gasteiger partial charge in [0.2, 0.25) is 0 Å². The lowest BCUT2D eigenvalue weighted by Gasteiger charge is -2.32. The van der Waals surface area contributed by atoms with E-state index in [0.29, 0.717) is 0 Å². The minimum absolute atomic E-state index is 0.417. The Bertz CT molecular complexity index is 1520. The smallest absolute Gasteiger partial charge is 0.399 e. The molecule has 1 aliphatic heterocycles. The quantitative estimate of drug-likeness (QED) is 0.236. The molecule has 162 valence electrons. The van der Waals surface area contributed by atoms with E-state index in [9.17, 15) is 0 Å². The highest BCUT2D eigenvalue weighted by atomic mass is 16.7. The first-order valence-corrected chi connectivity index (χ1v) is 11.5. The van der Waals surface area contributed by atoms with Crippen LogP contribution in [0.15, 0.2) is 85.1 Å². The summed E-state index contributed by atoms with van der Waals surface area (Å²) >= 11 is 0. The Kier molecular flexibility index (Phi) is 4.42. The fraction of sp³-hybridized carbons (Fsp3) is 0.207. The summed E-state index contributed by atoms with van der Waals surface area (Å²) in [5, 5.41) is 7.06. The summed E-state index contributed by atoms with van der Waals surface area (Å²) < 4.78 is 13.0. The van der Waals surface area contributed by atoms with Gasteiger partial charge >= 0.3 is 7.12 Å². The third-order valence-corrected chi connectivity index (χ3v) is 7.34. The minimum atomic E-state index is -0.471. The molecule has 4 heteroatoms. The van der Waals surface area contributed by atoms with Gasteiger partial charge in [-0.25, -0.2) is 0 Å². The van der Waals surface area contributed by atoms with Gasteiger partial charge in [0.15, 0.2) is 0 Å². The van der Waals surface area contributed by atoms with Crippen LogP contribution in [0.5, 0.6) is 0 Å². The second-order valence-electron chi connectivity index (χ2n) is 9.92. The maximum atomic E-state index is 6.51. The van der Waals surface area contributed by atoms with Crippen molar-refractivity contribution in [2.45, 2.75) is 38.9 Å². The van der Waals surface area contributed by atoms with Crippen LogP contribution in [0.4, 0.5) is 0 Å². The molecule has 33 heavy (non-hydrogen) atoms. The SMILES string of the molecule is CC1(C)OB(c2ccc3cc4ccccc4cc3c2-c2nccc3ccccc23)OC1(C)C. The molecule has 1 aromatic heterocycles. The van der Waals surface area contributed by atoms with Crippen LogP contribution in [0.2, 0.25) is 0 Å². The third-order valence-electron chi connectivity index (χ3n) is 7.34. The molecule has 0 amide bonds. The van der Waals surface area contributed by atoms with Gasteiger partial charge in [0, 0.05) is 17.1 Å². The first kappa shape index (κ1) is 20.4. The number of hydrogen-bond donors (Lipinski definition) is 0. The van der Waals surface area contributed by atoms with E-state index in [0.717, 1.165) is 27.5 Å². The largest absolute Gasteiger partial charge is 0.495 e. The summed E-state index contributed by atoms with van der Waals surface area (Å²) in [6.45, 7) is 8.38. The number of pyridine rings is 1. The first-order valence-electron chi connectivity index (χ1n) is 11.5. The van der Waals surface area contributed by atoms with Crippen molar-refractivity contribution in [3.8, 4) is 11.3 Å². The van der Waals surface area contributed by atoms with Crippen LogP contribution in [0, 0.1) is 0 Å². The van der Waals surface area contributed by atoms with E-state index >= 15 is 0 Å².